The van der Waals surface area contributed by atoms with E-state index in [0.29, 0.717) is 12.2 Å². The minimum absolute atomic E-state index is 0. The van der Waals surface area contributed by atoms with Gasteiger partial charge in [0.15, 0.2) is 10.8 Å². The molecule has 0 N–H and O–H groups in total. The molecule has 3 rings (SSSR count). The van der Waals surface area contributed by atoms with Gasteiger partial charge in [-0.2, -0.15) is 5.10 Å². The van der Waals surface area contributed by atoms with Gasteiger partial charge in [0.05, 0.1) is 10.2 Å². The second kappa shape index (κ2) is 9.69. The van der Waals surface area contributed by atoms with Crippen molar-refractivity contribution in [2.24, 2.45) is 0 Å². The van der Waals surface area contributed by atoms with E-state index in [1.54, 1.807) is 22.3 Å². The second-order valence-corrected chi connectivity index (χ2v) is 8.74. The van der Waals surface area contributed by atoms with Crippen LogP contribution < -0.4 is 4.90 Å². The first-order chi connectivity index (χ1) is 13.3. The van der Waals surface area contributed by atoms with E-state index in [1.807, 2.05) is 25.0 Å². The summed E-state index contributed by atoms with van der Waals surface area (Å²) < 4.78 is 2.96. The van der Waals surface area contributed by atoms with Gasteiger partial charge < -0.3 is 4.90 Å². The molecular weight excluding hydrogens is 406 g/mol. The third kappa shape index (κ3) is 5.15. The van der Waals surface area contributed by atoms with E-state index in [-0.39, 0.29) is 24.4 Å². The first-order valence-corrected chi connectivity index (χ1v) is 10.5. The Kier molecular flexibility index (Phi) is 7.80. The SMILES string of the molecule is Cc1ccc(C)c2sc(N(CCCN(C)C)C(=O)c3ccn(C(C)C)n3)nc12.Cl. The van der Waals surface area contributed by atoms with E-state index in [9.17, 15) is 4.79 Å². The van der Waals surface area contributed by atoms with Crippen LogP contribution in [0.5, 0.6) is 0 Å². The number of benzene rings is 1. The van der Waals surface area contributed by atoms with Gasteiger partial charge in [0.2, 0.25) is 0 Å². The van der Waals surface area contributed by atoms with Crippen LogP contribution in [0.1, 0.15) is 47.9 Å². The number of thiazole rings is 1. The molecule has 0 radical (unpaired) electrons. The van der Waals surface area contributed by atoms with Crippen LogP contribution in [-0.2, 0) is 0 Å². The zero-order valence-electron chi connectivity index (χ0n) is 18.0. The normalized spacial score (nSPS) is 11.3. The summed E-state index contributed by atoms with van der Waals surface area (Å²) >= 11 is 1.59. The molecule has 1 aromatic carbocycles. The summed E-state index contributed by atoms with van der Waals surface area (Å²) in [6.07, 6.45) is 2.74. The molecule has 2 aromatic heterocycles. The van der Waals surface area contributed by atoms with Gasteiger partial charge >= 0.3 is 0 Å². The highest BCUT2D eigenvalue weighted by Crippen LogP contribution is 2.33. The number of fused-ring (bicyclic) bond motifs is 1. The zero-order chi connectivity index (χ0) is 20.4. The highest BCUT2D eigenvalue weighted by atomic mass is 35.5. The van der Waals surface area contributed by atoms with Crippen molar-refractivity contribution in [1.82, 2.24) is 19.7 Å². The minimum atomic E-state index is -0.0903. The van der Waals surface area contributed by atoms with Gasteiger partial charge in [-0.15, -0.1) is 12.4 Å². The van der Waals surface area contributed by atoms with Crippen molar-refractivity contribution in [1.29, 1.82) is 0 Å². The number of hydrogen-bond donors (Lipinski definition) is 0. The van der Waals surface area contributed by atoms with Crippen molar-refractivity contribution in [2.75, 3.05) is 32.1 Å². The van der Waals surface area contributed by atoms with Gasteiger partial charge in [0.25, 0.3) is 5.91 Å². The molecule has 2 heterocycles. The Balaban J connectivity index is 0.00000300. The van der Waals surface area contributed by atoms with E-state index in [4.69, 9.17) is 4.98 Å². The summed E-state index contributed by atoms with van der Waals surface area (Å²) in [5, 5.41) is 5.23. The van der Waals surface area contributed by atoms with Crippen molar-refractivity contribution in [2.45, 2.75) is 40.2 Å². The van der Waals surface area contributed by atoms with Gasteiger partial charge in [-0.25, -0.2) is 4.98 Å². The topological polar surface area (TPSA) is 54.3 Å². The largest absolute Gasteiger partial charge is 0.309 e. The van der Waals surface area contributed by atoms with Crippen LogP contribution in [-0.4, -0.2) is 52.8 Å². The van der Waals surface area contributed by atoms with Gasteiger partial charge in [-0.3, -0.25) is 14.4 Å². The maximum absolute atomic E-state index is 13.3. The molecule has 0 spiro atoms. The lowest BCUT2D eigenvalue weighted by Gasteiger charge is -2.20. The van der Waals surface area contributed by atoms with Crippen molar-refractivity contribution >= 4 is 45.0 Å². The lowest BCUT2D eigenvalue weighted by molar-refractivity contribution is 0.0980. The van der Waals surface area contributed by atoms with Gasteiger partial charge in [-0.05, 0) is 71.9 Å². The molecule has 0 atom stereocenters. The standard InChI is InChI=1S/C21H29N5OS.ClH/c1-14(2)26-13-10-17(23-26)20(27)25(12-7-11-24(5)6)21-22-18-15(3)8-9-16(4)19(18)28-21;/h8-10,13-14H,7,11-12H2,1-6H3;1H. The van der Waals surface area contributed by atoms with Crippen LogP contribution in [0.4, 0.5) is 5.13 Å². The number of carbonyl (C=O) groups excluding carboxylic acids is 1. The molecule has 158 valence electrons. The average molecular weight is 436 g/mol. The molecule has 3 aromatic rings. The maximum atomic E-state index is 13.3. The third-order valence-corrected chi connectivity index (χ3v) is 5.96. The lowest BCUT2D eigenvalue weighted by Crippen LogP contribution is -2.33. The minimum Gasteiger partial charge on any atom is -0.309 e. The predicted octanol–water partition coefficient (Wildman–Crippen LogP) is 4.71. The summed E-state index contributed by atoms with van der Waals surface area (Å²) in [5.41, 5.74) is 3.77. The van der Waals surface area contributed by atoms with E-state index in [0.717, 1.165) is 33.9 Å². The molecule has 6 nitrogen and oxygen atoms in total. The third-order valence-electron chi connectivity index (χ3n) is 4.75. The highest BCUT2D eigenvalue weighted by Gasteiger charge is 2.24. The van der Waals surface area contributed by atoms with E-state index in [2.05, 4.69) is 49.8 Å². The lowest BCUT2D eigenvalue weighted by atomic mass is 10.1. The van der Waals surface area contributed by atoms with Crippen LogP contribution in [0, 0.1) is 13.8 Å². The number of anilines is 1. The van der Waals surface area contributed by atoms with E-state index in [1.165, 1.54) is 5.56 Å². The van der Waals surface area contributed by atoms with Crippen LogP contribution in [0.25, 0.3) is 10.2 Å². The van der Waals surface area contributed by atoms with Crippen molar-refractivity contribution < 1.29 is 4.79 Å². The summed E-state index contributed by atoms with van der Waals surface area (Å²) in [6.45, 7) is 9.78. The fourth-order valence-electron chi connectivity index (χ4n) is 3.07. The maximum Gasteiger partial charge on any atom is 0.280 e. The summed E-state index contributed by atoms with van der Waals surface area (Å²) in [5.74, 6) is -0.0903. The summed E-state index contributed by atoms with van der Waals surface area (Å²) in [4.78, 5) is 22.1. The number of nitrogens with zero attached hydrogens (tertiary/aromatic N) is 5. The first-order valence-electron chi connectivity index (χ1n) is 9.66. The molecule has 0 bridgehead atoms. The Labute approximate surface area is 182 Å². The fourth-order valence-corrected chi connectivity index (χ4v) is 4.21. The molecule has 0 aliphatic heterocycles. The van der Waals surface area contributed by atoms with Crippen LogP contribution in [0.3, 0.4) is 0 Å². The molecular formula is C21H30ClN5OS. The van der Waals surface area contributed by atoms with E-state index >= 15 is 0 Å². The molecule has 0 unspecified atom stereocenters. The number of hydrogen-bond acceptors (Lipinski definition) is 5. The summed E-state index contributed by atoms with van der Waals surface area (Å²) in [7, 11) is 4.09. The van der Waals surface area contributed by atoms with Crippen LogP contribution >= 0.6 is 23.7 Å². The molecule has 0 saturated carbocycles. The number of aromatic nitrogens is 3. The Hall–Kier alpha value is -1.96. The number of aryl methyl sites for hydroxylation is 2. The Morgan fingerprint density at radius 1 is 1.14 bits per heavy atom. The molecule has 8 heteroatoms. The number of carbonyl (C=O) groups is 1. The Morgan fingerprint density at radius 3 is 2.41 bits per heavy atom. The number of rotatable bonds is 7. The zero-order valence-corrected chi connectivity index (χ0v) is 19.6. The van der Waals surface area contributed by atoms with Crippen LogP contribution in [0.2, 0.25) is 0 Å². The second-order valence-electron chi connectivity index (χ2n) is 7.76. The van der Waals surface area contributed by atoms with Gasteiger partial charge in [0, 0.05) is 18.8 Å². The monoisotopic (exact) mass is 435 g/mol. The highest BCUT2D eigenvalue weighted by molar-refractivity contribution is 7.22. The predicted molar refractivity (Wildman–Crippen MR) is 124 cm³/mol. The Morgan fingerprint density at radius 2 is 1.83 bits per heavy atom. The Bertz CT molecular complexity index is 940. The van der Waals surface area contributed by atoms with Crippen LogP contribution in [0.15, 0.2) is 24.4 Å². The van der Waals surface area contributed by atoms with Gasteiger partial charge in [-0.1, -0.05) is 23.5 Å². The van der Waals surface area contributed by atoms with Crippen molar-refractivity contribution in [3.05, 3.63) is 41.2 Å². The fraction of sp³-hybridized carbons (Fsp3) is 0.476. The number of amides is 1. The molecule has 0 saturated heterocycles. The smallest absolute Gasteiger partial charge is 0.280 e. The molecule has 29 heavy (non-hydrogen) atoms. The molecule has 0 fully saturated rings. The molecule has 0 aliphatic carbocycles. The van der Waals surface area contributed by atoms with Crippen molar-refractivity contribution in [3.63, 3.8) is 0 Å². The van der Waals surface area contributed by atoms with E-state index < -0.39 is 0 Å². The van der Waals surface area contributed by atoms with Crippen molar-refractivity contribution in [3.8, 4) is 0 Å². The number of halogens is 1. The van der Waals surface area contributed by atoms with Gasteiger partial charge in [0.1, 0.15) is 0 Å². The average Bonchev–Trinajstić information content (AvgIpc) is 3.29. The quantitative estimate of drug-likeness (QED) is 0.539. The first kappa shape index (κ1) is 23.3. The molecule has 1 amide bonds. The summed E-state index contributed by atoms with van der Waals surface area (Å²) in [6, 6.07) is 6.22. The molecule has 0 aliphatic rings.